The Labute approximate surface area is 127 Å². The lowest BCUT2D eigenvalue weighted by atomic mass is 9.94. The molecular weight excluding hydrogens is 286 g/mol. The molecule has 0 aliphatic heterocycles. The molecule has 0 aliphatic rings. The highest BCUT2D eigenvalue weighted by molar-refractivity contribution is 7.89. The van der Waals surface area contributed by atoms with Crippen LogP contribution in [0.15, 0.2) is 24.3 Å². The lowest BCUT2D eigenvalue weighted by Gasteiger charge is -2.18. The van der Waals surface area contributed by atoms with Crippen LogP contribution < -0.4 is 4.72 Å². The molecule has 0 amide bonds. The second-order valence-electron chi connectivity index (χ2n) is 6.07. The number of hydrogen-bond donors (Lipinski definition) is 2. The summed E-state index contributed by atoms with van der Waals surface area (Å²) >= 11 is 0. The van der Waals surface area contributed by atoms with Crippen molar-refractivity contribution in [1.82, 2.24) is 4.72 Å². The first-order valence-electron chi connectivity index (χ1n) is 6.88. The molecule has 0 saturated heterocycles. The molecule has 1 aromatic rings. The smallest absolute Gasteiger partial charge is 0.211 e. The Morgan fingerprint density at radius 2 is 1.90 bits per heavy atom. The fraction of sp³-hybridized carbons (Fsp3) is 0.500. The highest BCUT2D eigenvalue weighted by Crippen LogP contribution is 2.19. The molecule has 0 bridgehead atoms. The molecule has 0 fully saturated rings. The minimum Gasteiger partial charge on any atom is -0.384 e. The number of rotatable bonds is 5. The van der Waals surface area contributed by atoms with Crippen LogP contribution in [0.3, 0.4) is 0 Å². The van der Waals surface area contributed by atoms with E-state index in [1.807, 2.05) is 39.0 Å². The van der Waals surface area contributed by atoms with Crippen LogP contribution in [0, 0.1) is 17.3 Å². The van der Waals surface area contributed by atoms with Gasteiger partial charge in [0.1, 0.15) is 6.61 Å². The van der Waals surface area contributed by atoms with Gasteiger partial charge in [-0.05, 0) is 23.5 Å². The van der Waals surface area contributed by atoms with Crippen molar-refractivity contribution in [3.05, 3.63) is 35.4 Å². The van der Waals surface area contributed by atoms with Gasteiger partial charge in [-0.25, -0.2) is 13.1 Å². The molecule has 116 valence electrons. The third-order valence-electron chi connectivity index (χ3n) is 2.92. The average Bonchev–Trinajstić information content (AvgIpc) is 2.41. The van der Waals surface area contributed by atoms with Crippen LogP contribution in [0.4, 0.5) is 0 Å². The molecule has 0 radical (unpaired) electrons. The predicted molar refractivity (Wildman–Crippen MR) is 85.1 cm³/mol. The maximum atomic E-state index is 12.0. The van der Waals surface area contributed by atoms with E-state index in [0.29, 0.717) is 6.42 Å². The van der Waals surface area contributed by atoms with Crippen LogP contribution in [0.5, 0.6) is 0 Å². The monoisotopic (exact) mass is 309 g/mol. The van der Waals surface area contributed by atoms with Crippen LogP contribution in [0.1, 0.15) is 38.3 Å². The summed E-state index contributed by atoms with van der Waals surface area (Å²) in [4.78, 5) is 0. The molecule has 0 atom stereocenters. The number of benzene rings is 1. The highest BCUT2D eigenvalue weighted by Gasteiger charge is 2.17. The van der Waals surface area contributed by atoms with Gasteiger partial charge in [0, 0.05) is 12.1 Å². The summed E-state index contributed by atoms with van der Waals surface area (Å²) in [6.07, 6.45) is 0.605. The number of hydrogen-bond acceptors (Lipinski definition) is 3. The van der Waals surface area contributed by atoms with E-state index in [9.17, 15) is 8.42 Å². The fourth-order valence-electron chi connectivity index (χ4n) is 1.63. The van der Waals surface area contributed by atoms with Crippen molar-refractivity contribution in [2.45, 2.75) is 33.7 Å². The molecule has 4 nitrogen and oxygen atoms in total. The molecule has 0 heterocycles. The highest BCUT2D eigenvalue weighted by atomic mass is 32.2. The van der Waals surface area contributed by atoms with Gasteiger partial charge in [-0.15, -0.1) is 0 Å². The topological polar surface area (TPSA) is 66.4 Å². The lowest BCUT2D eigenvalue weighted by molar-refractivity contribution is 0.350. The SMILES string of the molecule is CC(C)(C)CCS(=O)(=O)NCc1ccccc1C#CCO. The van der Waals surface area contributed by atoms with Crippen LogP contribution in [-0.2, 0) is 16.6 Å². The van der Waals surface area contributed by atoms with E-state index in [1.165, 1.54) is 0 Å². The minimum absolute atomic E-state index is 0.0146. The van der Waals surface area contributed by atoms with E-state index in [-0.39, 0.29) is 24.3 Å². The summed E-state index contributed by atoms with van der Waals surface area (Å²) in [6, 6.07) is 7.30. The van der Waals surface area contributed by atoms with Crippen LogP contribution in [-0.4, -0.2) is 25.9 Å². The van der Waals surface area contributed by atoms with Crippen molar-refractivity contribution in [2.24, 2.45) is 5.41 Å². The predicted octanol–water partition coefficient (Wildman–Crippen LogP) is 1.89. The van der Waals surface area contributed by atoms with Crippen molar-refractivity contribution in [3.8, 4) is 11.8 Å². The molecule has 21 heavy (non-hydrogen) atoms. The zero-order valence-corrected chi connectivity index (χ0v) is 13.6. The van der Waals surface area contributed by atoms with Crippen molar-refractivity contribution in [1.29, 1.82) is 0 Å². The van der Waals surface area contributed by atoms with Gasteiger partial charge in [-0.1, -0.05) is 50.8 Å². The summed E-state index contributed by atoms with van der Waals surface area (Å²) < 4.78 is 26.6. The van der Waals surface area contributed by atoms with Crippen molar-refractivity contribution in [3.63, 3.8) is 0 Å². The number of aliphatic hydroxyl groups excluding tert-OH is 1. The van der Waals surface area contributed by atoms with E-state index >= 15 is 0 Å². The van der Waals surface area contributed by atoms with Gasteiger partial charge in [0.05, 0.1) is 5.75 Å². The Bertz CT molecular complexity index is 619. The Balaban J connectivity index is 2.71. The molecule has 0 aromatic heterocycles. The Morgan fingerprint density at radius 3 is 2.52 bits per heavy atom. The second-order valence-corrected chi connectivity index (χ2v) is 7.99. The fourth-order valence-corrected chi connectivity index (χ4v) is 3.03. The van der Waals surface area contributed by atoms with Crippen LogP contribution >= 0.6 is 0 Å². The maximum absolute atomic E-state index is 12.0. The van der Waals surface area contributed by atoms with Gasteiger partial charge in [-0.2, -0.15) is 0 Å². The first-order chi connectivity index (χ1) is 9.73. The van der Waals surface area contributed by atoms with Crippen LogP contribution in [0.25, 0.3) is 0 Å². The van der Waals surface area contributed by atoms with Gasteiger partial charge in [-0.3, -0.25) is 0 Å². The van der Waals surface area contributed by atoms with Gasteiger partial charge in [0.2, 0.25) is 10.0 Å². The molecule has 0 spiro atoms. The van der Waals surface area contributed by atoms with Crippen LogP contribution in [0.2, 0.25) is 0 Å². The Morgan fingerprint density at radius 1 is 1.24 bits per heavy atom. The summed E-state index contributed by atoms with van der Waals surface area (Å²) in [6.45, 7) is 6.04. The van der Waals surface area contributed by atoms with Gasteiger partial charge >= 0.3 is 0 Å². The van der Waals surface area contributed by atoms with Gasteiger partial charge < -0.3 is 5.11 Å². The van der Waals surface area contributed by atoms with E-state index in [1.54, 1.807) is 6.07 Å². The van der Waals surface area contributed by atoms with Crippen molar-refractivity contribution in [2.75, 3.05) is 12.4 Å². The first-order valence-corrected chi connectivity index (χ1v) is 8.54. The average molecular weight is 309 g/mol. The minimum atomic E-state index is -3.30. The third-order valence-corrected chi connectivity index (χ3v) is 4.25. The molecule has 2 N–H and O–H groups in total. The number of aliphatic hydroxyl groups is 1. The first kappa shape index (κ1) is 17.7. The number of sulfonamides is 1. The molecule has 5 heteroatoms. The van der Waals surface area contributed by atoms with E-state index in [2.05, 4.69) is 16.6 Å². The van der Waals surface area contributed by atoms with Crippen molar-refractivity contribution < 1.29 is 13.5 Å². The molecule has 0 unspecified atom stereocenters. The van der Waals surface area contributed by atoms with Gasteiger partial charge in [0.25, 0.3) is 0 Å². The quantitative estimate of drug-likeness (QED) is 0.816. The normalized spacial score (nSPS) is 11.8. The maximum Gasteiger partial charge on any atom is 0.211 e. The zero-order chi connectivity index (χ0) is 15.9. The van der Waals surface area contributed by atoms with E-state index < -0.39 is 10.0 Å². The molecule has 1 aromatic carbocycles. The number of nitrogens with one attached hydrogen (secondary N) is 1. The van der Waals surface area contributed by atoms with Gasteiger partial charge in [0.15, 0.2) is 0 Å². The summed E-state index contributed by atoms with van der Waals surface area (Å²) in [5.74, 6) is 5.51. The standard InChI is InChI=1S/C16H23NO3S/c1-16(2,3)10-12-21(19,20)17-13-15-8-5-4-7-14(15)9-6-11-18/h4-5,7-8,17-18H,10-13H2,1-3H3. The Hall–Kier alpha value is -1.35. The van der Waals surface area contributed by atoms with Crippen molar-refractivity contribution >= 4 is 10.0 Å². The summed E-state index contributed by atoms with van der Waals surface area (Å²) in [7, 11) is -3.30. The zero-order valence-electron chi connectivity index (χ0n) is 12.8. The summed E-state index contributed by atoms with van der Waals surface area (Å²) in [5.41, 5.74) is 1.52. The lowest BCUT2D eigenvalue weighted by Crippen LogP contribution is -2.28. The largest absolute Gasteiger partial charge is 0.384 e. The Kier molecular flexibility index (Phi) is 6.41. The second kappa shape index (κ2) is 7.60. The van der Waals surface area contributed by atoms with E-state index in [0.717, 1.165) is 11.1 Å². The molecule has 0 saturated carbocycles. The molecule has 0 aliphatic carbocycles. The molecular formula is C16H23NO3S. The molecule has 1 rings (SSSR count). The van der Waals surface area contributed by atoms with E-state index in [4.69, 9.17) is 5.11 Å². The third kappa shape index (κ3) is 7.28. The summed E-state index contributed by atoms with van der Waals surface area (Å²) in [5, 5.41) is 8.74.